The number of rotatable bonds is 0. The van der Waals surface area contributed by atoms with Crippen LogP contribution in [0, 0.1) is 0 Å². The highest BCUT2D eigenvalue weighted by Gasteiger charge is 2.24. The summed E-state index contributed by atoms with van der Waals surface area (Å²) in [5, 5.41) is 0. The number of carbonyl (C=O) groups excluding carboxylic acids is 1. The van der Waals surface area contributed by atoms with Crippen LogP contribution in [0.4, 0.5) is 0 Å². The van der Waals surface area contributed by atoms with E-state index in [1.165, 1.54) is 0 Å². The highest BCUT2D eigenvalue weighted by molar-refractivity contribution is 6.13. The van der Waals surface area contributed by atoms with Gasteiger partial charge in [-0.25, -0.2) is 0 Å². The van der Waals surface area contributed by atoms with Gasteiger partial charge in [0, 0.05) is 30.0 Å². The molecule has 1 aromatic heterocycles. The van der Waals surface area contributed by atoms with E-state index in [9.17, 15) is 4.79 Å². The van der Waals surface area contributed by atoms with Gasteiger partial charge >= 0.3 is 0 Å². The number of aromatic nitrogens is 1. The van der Waals surface area contributed by atoms with E-state index in [1.54, 1.807) is 12.4 Å². The van der Waals surface area contributed by atoms with E-state index in [-0.39, 0.29) is 5.78 Å². The van der Waals surface area contributed by atoms with Crippen LogP contribution in [0.1, 0.15) is 29.8 Å². The first-order valence-electron chi connectivity index (χ1n) is 4.34. The van der Waals surface area contributed by atoms with Crippen LogP contribution in [0.5, 0.6) is 0 Å². The summed E-state index contributed by atoms with van der Waals surface area (Å²) in [6.45, 7) is 3.96. The molecule has 0 fully saturated rings. The van der Waals surface area contributed by atoms with Gasteiger partial charge in [-0.05, 0) is 25.5 Å². The van der Waals surface area contributed by atoms with Gasteiger partial charge in [0.15, 0.2) is 5.78 Å². The maximum atomic E-state index is 11.7. The van der Waals surface area contributed by atoms with Crippen molar-refractivity contribution in [2.24, 2.45) is 0 Å². The van der Waals surface area contributed by atoms with Crippen LogP contribution >= 0.6 is 0 Å². The molecule has 0 radical (unpaired) electrons. The highest BCUT2D eigenvalue weighted by Crippen LogP contribution is 2.26. The Bertz CT molecular complexity index is 400. The summed E-state index contributed by atoms with van der Waals surface area (Å²) in [7, 11) is 0. The molecule has 0 N–H and O–H groups in total. The number of hydrogen-bond donors (Lipinski definition) is 0. The van der Waals surface area contributed by atoms with Gasteiger partial charge in [-0.1, -0.05) is 5.57 Å². The Morgan fingerprint density at radius 1 is 1.46 bits per heavy atom. The molecule has 0 amide bonds. The summed E-state index contributed by atoms with van der Waals surface area (Å²) in [6, 6.07) is 1.92. The van der Waals surface area contributed by atoms with Gasteiger partial charge in [0.25, 0.3) is 0 Å². The fraction of sp³-hybridized carbons (Fsp3) is 0.273. The van der Waals surface area contributed by atoms with Crippen molar-refractivity contribution < 1.29 is 4.79 Å². The van der Waals surface area contributed by atoms with E-state index < -0.39 is 0 Å². The molecule has 0 spiro atoms. The lowest BCUT2D eigenvalue weighted by atomic mass is 10.1. The van der Waals surface area contributed by atoms with Crippen LogP contribution in [0.2, 0.25) is 0 Å². The zero-order valence-electron chi connectivity index (χ0n) is 7.79. The van der Waals surface area contributed by atoms with Crippen LogP contribution in [0.25, 0.3) is 0 Å². The van der Waals surface area contributed by atoms with Crippen LogP contribution in [-0.2, 0) is 6.42 Å². The van der Waals surface area contributed by atoms with E-state index >= 15 is 0 Å². The molecule has 1 aliphatic rings. The molecule has 1 aromatic rings. The Balaban J connectivity index is 2.57. The minimum absolute atomic E-state index is 0.156. The number of carbonyl (C=O) groups is 1. The fourth-order valence-electron chi connectivity index (χ4n) is 1.62. The predicted molar refractivity (Wildman–Crippen MR) is 50.6 cm³/mol. The first-order chi connectivity index (χ1) is 6.20. The highest BCUT2D eigenvalue weighted by atomic mass is 16.1. The van der Waals surface area contributed by atoms with Crippen molar-refractivity contribution in [3.05, 3.63) is 40.7 Å². The molecule has 2 rings (SSSR count). The zero-order valence-corrected chi connectivity index (χ0v) is 7.79. The second-order valence-corrected chi connectivity index (χ2v) is 3.52. The molecule has 0 unspecified atom stereocenters. The summed E-state index contributed by atoms with van der Waals surface area (Å²) in [6.07, 6.45) is 4.17. The standard InChI is InChI=1S/C11H11NO/c1-7(2)9-5-8-3-4-12-6-10(8)11(9)13/h3-4,6H,5H2,1-2H3. The Labute approximate surface area is 77.3 Å². The van der Waals surface area contributed by atoms with Gasteiger partial charge in [-0.3, -0.25) is 9.78 Å². The quantitative estimate of drug-likeness (QED) is 0.563. The molecule has 66 valence electrons. The number of hydrogen-bond acceptors (Lipinski definition) is 2. The average Bonchev–Trinajstić information content (AvgIpc) is 2.45. The van der Waals surface area contributed by atoms with Gasteiger partial charge in [0.05, 0.1) is 0 Å². The molecule has 0 aromatic carbocycles. The second kappa shape index (κ2) is 2.80. The van der Waals surface area contributed by atoms with Crippen LogP contribution in [0.3, 0.4) is 0 Å². The molecule has 0 saturated heterocycles. The van der Waals surface area contributed by atoms with Crippen molar-refractivity contribution in [3.63, 3.8) is 0 Å². The third-order valence-corrected chi connectivity index (χ3v) is 2.40. The predicted octanol–water partition coefficient (Wildman–Crippen LogP) is 2.16. The Hall–Kier alpha value is -1.44. The van der Waals surface area contributed by atoms with Gasteiger partial charge in [0.2, 0.25) is 0 Å². The van der Waals surface area contributed by atoms with Gasteiger partial charge < -0.3 is 0 Å². The van der Waals surface area contributed by atoms with Crippen LogP contribution in [0.15, 0.2) is 29.6 Å². The van der Waals surface area contributed by atoms with Crippen molar-refractivity contribution >= 4 is 5.78 Å². The van der Waals surface area contributed by atoms with Crippen molar-refractivity contribution in [2.45, 2.75) is 20.3 Å². The molecule has 1 aliphatic carbocycles. The van der Waals surface area contributed by atoms with Crippen molar-refractivity contribution in [1.29, 1.82) is 0 Å². The molecular weight excluding hydrogens is 162 g/mol. The fourth-order valence-corrected chi connectivity index (χ4v) is 1.62. The number of Topliss-reactive ketones (excluding diaryl/α,β-unsaturated/α-hetero) is 1. The Kier molecular flexibility index (Phi) is 1.76. The lowest BCUT2D eigenvalue weighted by molar-refractivity contribution is 0.103. The Morgan fingerprint density at radius 2 is 2.23 bits per heavy atom. The topological polar surface area (TPSA) is 30.0 Å². The third kappa shape index (κ3) is 1.18. The van der Waals surface area contributed by atoms with Crippen molar-refractivity contribution in [2.75, 3.05) is 0 Å². The smallest absolute Gasteiger partial charge is 0.191 e. The van der Waals surface area contributed by atoms with Gasteiger partial charge in [-0.2, -0.15) is 0 Å². The first-order valence-corrected chi connectivity index (χ1v) is 4.34. The molecular formula is C11H11NO. The molecule has 0 saturated carbocycles. The molecule has 0 aliphatic heterocycles. The van der Waals surface area contributed by atoms with E-state index in [1.807, 2.05) is 19.9 Å². The maximum Gasteiger partial charge on any atom is 0.191 e. The number of nitrogens with zero attached hydrogens (tertiary/aromatic N) is 1. The average molecular weight is 173 g/mol. The molecule has 13 heavy (non-hydrogen) atoms. The van der Waals surface area contributed by atoms with E-state index in [2.05, 4.69) is 4.98 Å². The summed E-state index contributed by atoms with van der Waals surface area (Å²) in [5.74, 6) is 0.156. The molecule has 0 bridgehead atoms. The molecule has 0 atom stereocenters. The molecule has 2 heteroatoms. The van der Waals surface area contributed by atoms with Crippen molar-refractivity contribution in [1.82, 2.24) is 4.98 Å². The largest absolute Gasteiger partial charge is 0.289 e. The SMILES string of the molecule is CC(C)=C1Cc2ccncc2C1=O. The minimum atomic E-state index is 0.156. The Morgan fingerprint density at radius 3 is 2.85 bits per heavy atom. The van der Waals surface area contributed by atoms with E-state index in [0.717, 1.165) is 28.7 Å². The lowest BCUT2D eigenvalue weighted by Gasteiger charge is -1.95. The van der Waals surface area contributed by atoms with Gasteiger partial charge in [-0.15, -0.1) is 0 Å². The summed E-state index contributed by atoms with van der Waals surface area (Å²) in [5.41, 5.74) is 3.93. The van der Waals surface area contributed by atoms with Crippen LogP contribution < -0.4 is 0 Å². The third-order valence-electron chi connectivity index (χ3n) is 2.40. The minimum Gasteiger partial charge on any atom is -0.289 e. The van der Waals surface area contributed by atoms with Gasteiger partial charge in [0.1, 0.15) is 0 Å². The van der Waals surface area contributed by atoms with Crippen LogP contribution in [-0.4, -0.2) is 10.8 Å². The normalized spacial score (nSPS) is 14.6. The number of fused-ring (bicyclic) bond motifs is 1. The number of allylic oxidation sites excluding steroid dienone is 2. The lowest BCUT2D eigenvalue weighted by Crippen LogP contribution is -1.97. The summed E-state index contributed by atoms with van der Waals surface area (Å²) >= 11 is 0. The monoisotopic (exact) mass is 173 g/mol. The number of pyridine rings is 1. The van der Waals surface area contributed by atoms with E-state index in [4.69, 9.17) is 0 Å². The first kappa shape index (κ1) is 8.17. The number of ketones is 1. The zero-order chi connectivity index (χ0) is 9.42. The maximum absolute atomic E-state index is 11.7. The van der Waals surface area contributed by atoms with Crippen molar-refractivity contribution in [3.8, 4) is 0 Å². The van der Waals surface area contributed by atoms with E-state index in [0.29, 0.717) is 0 Å². The molecule has 2 nitrogen and oxygen atoms in total. The molecule has 1 heterocycles. The summed E-state index contributed by atoms with van der Waals surface area (Å²) in [4.78, 5) is 15.7. The second-order valence-electron chi connectivity index (χ2n) is 3.52. The summed E-state index contributed by atoms with van der Waals surface area (Å²) < 4.78 is 0.